The Labute approximate surface area is 176 Å². The van der Waals surface area contributed by atoms with Crippen LogP contribution in [0.1, 0.15) is 24.5 Å². The summed E-state index contributed by atoms with van der Waals surface area (Å²) in [6, 6.07) is 13.8. The molecule has 8 heteroatoms. The second-order valence-corrected chi connectivity index (χ2v) is 9.65. The molecule has 2 aromatic rings. The molecule has 1 aliphatic heterocycles. The molecule has 29 heavy (non-hydrogen) atoms. The first-order valence-electron chi connectivity index (χ1n) is 9.55. The number of carboxylic acid groups (broad SMARTS) is 1. The van der Waals surface area contributed by atoms with E-state index in [-0.39, 0.29) is 12.5 Å². The number of halogens is 1. The highest BCUT2D eigenvalue weighted by atomic mass is 35.5. The maximum absolute atomic E-state index is 12.9. The number of aliphatic carboxylic acids is 1. The van der Waals surface area contributed by atoms with Gasteiger partial charge in [-0.05, 0) is 48.7 Å². The molecule has 0 radical (unpaired) electrons. The number of carboxylic acids is 1. The molecule has 0 unspecified atom stereocenters. The molecule has 0 saturated carbocycles. The Bertz CT molecular complexity index is 966. The third kappa shape index (κ3) is 5.36. The Morgan fingerprint density at radius 1 is 1.14 bits per heavy atom. The highest BCUT2D eigenvalue weighted by Gasteiger charge is 2.33. The zero-order valence-electron chi connectivity index (χ0n) is 16.3. The quantitative estimate of drug-likeness (QED) is 0.720. The molecular formula is C21H25ClN2O4S. The SMILES string of the molecule is C[C@H]1CN(Cc2cc(Cl)ccc2CCC(=O)O)CCN1S(=O)(=O)c1ccccc1. The summed E-state index contributed by atoms with van der Waals surface area (Å²) in [6.45, 7) is 4.12. The van der Waals surface area contributed by atoms with E-state index in [2.05, 4.69) is 4.90 Å². The van der Waals surface area contributed by atoms with Crippen molar-refractivity contribution in [1.29, 1.82) is 0 Å². The number of carbonyl (C=O) groups is 1. The second-order valence-electron chi connectivity index (χ2n) is 7.32. The summed E-state index contributed by atoms with van der Waals surface area (Å²) in [6.07, 6.45) is 0.508. The van der Waals surface area contributed by atoms with Gasteiger partial charge in [-0.25, -0.2) is 8.42 Å². The van der Waals surface area contributed by atoms with Crippen LogP contribution in [0.5, 0.6) is 0 Å². The van der Waals surface area contributed by atoms with Gasteiger partial charge in [-0.1, -0.05) is 35.9 Å². The molecule has 156 valence electrons. The fourth-order valence-electron chi connectivity index (χ4n) is 3.71. The summed E-state index contributed by atoms with van der Waals surface area (Å²) in [4.78, 5) is 13.4. The van der Waals surface area contributed by atoms with Crippen LogP contribution in [0, 0.1) is 0 Å². The van der Waals surface area contributed by atoms with E-state index in [1.54, 1.807) is 40.7 Å². The Balaban J connectivity index is 1.71. The van der Waals surface area contributed by atoms with Gasteiger partial charge < -0.3 is 5.11 Å². The highest BCUT2D eigenvalue weighted by Crippen LogP contribution is 2.24. The molecule has 0 bridgehead atoms. The van der Waals surface area contributed by atoms with Crippen LogP contribution in [0.2, 0.25) is 5.02 Å². The first kappa shape index (κ1) is 21.8. The van der Waals surface area contributed by atoms with Crippen molar-refractivity contribution in [3.63, 3.8) is 0 Å². The molecular weight excluding hydrogens is 412 g/mol. The summed E-state index contributed by atoms with van der Waals surface area (Å²) in [5, 5.41) is 9.59. The minimum Gasteiger partial charge on any atom is -0.481 e. The second kappa shape index (κ2) is 9.26. The Hall–Kier alpha value is -1.93. The van der Waals surface area contributed by atoms with Crippen LogP contribution in [0.4, 0.5) is 0 Å². The number of hydrogen-bond donors (Lipinski definition) is 1. The number of aryl methyl sites for hydroxylation is 1. The minimum atomic E-state index is -3.52. The number of hydrogen-bond acceptors (Lipinski definition) is 4. The van der Waals surface area contributed by atoms with Crippen molar-refractivity contribution in [3.8, 4) is 0 Å². The minimum absolute atomic E-state index is 0.0636. The fraction of sp³-hybridized carbons (Fsp3) is 0.381. The number of nitrogens with zero attached hydrogens (tertiary/aromatic N) is 2. The van der Waals surface area contributed by atoms with E-state index in [4.69, 9.17) is 16.7 Å². The van der Waals surface area contributed by atoms with E-state index in [0.717, 1.165) is 11.1 Å². The molecule has 0 aromatic heterocycles. The molecule has 1 N–H and O–H groups in total. The number of sulfonamides is 1. The number of piperazine rings is 1. The lowest BCUT2D eigenvalue weighted by Crippen LogP contribution is -2.53. The van der Waals surface area contributed by atoms with Crippen molar-refractivity contribution in [2.45, 2.75) is 37.2 Å². The summed E-state index contributed by atoms with van der Waals surface area (Å²) in [7, 11) is -3.52. The lowest BCUT2D eigenvalue weighted by atomic mass is 10.0. The van der Waals surface area contributed by atoms with Gasteiger partial charge in [0, 0.05) is 43.7 Å². The lowest BCUT2D eigenvalue weighted by Gasteiger charge is -2.39. The highest BCUT2D eigenvalue weighted by molar-refractivity contribution is 7.89. The first-order chi connectivity index (χ1) is 13.8. The number of rotatable bonds is 7. The van der Waals surface area contributed by atoms with E-state index in [1.807, 2.05) is 19.1 Å². The van der Waals surface area contributed by atoms with Crippen LogP contribution < -0.4 is 0 Å². The monoisotopic (exact) mass is 436 g/mol. The molecule has 2 aromatic carbocycles. The predicted molar refractivity (Wildman–Crippen MR) is 112 cm³/mol. The summed E-state index contributed by atoms with van der Waals surface area (Å²) < 4.78 is 27.4. The van der Waals surface area contributed by atoms with Crippen molar-refractivity contribution in [1.82, 2.24) is 9.21 Å². The van der Waals surface area contributed by atoms with Crippen molar-refractivity contribution >= 4 is 27.6 Å². The Morgan fingerprint density at radius 2 is 1.86 bits per heavy atom. The van der Waals surface area contributed by atoms with Crippen LogP contribution in [-0.4, -0.2) is 54.4 Å². The van der Waals surface area contributed by atoms with E-state index >= 15 is 0 Å². The molecule has 1 saturated heterocycles. The molecule has 0 spiro atoms. The molecule has 0 amide bonds. The Kier molecular flexibility index (Phi) is 6.95. The average molecular weight is 437 g/mol. The number of benzene rings is 2. The standard InChI is InChI=1S/C21H25ClN2O4S/c1-16-14-23(11-12-24(16)29(27,28)20-5-3-2-4-6-20)15-18-13-19(22)9-7-17(18)8-10-21(25)26/h2-7,9,13,16H,8,10-12,14-15H2,1H3,(H,25,26)/t16-/m0/s1. The zero-order valence-corrected chi connectivity index (χ0v) is 17.9. The normalized spacial score (nSPS) is 18.6. The van der Waals surface area contributed by atoms with Crippen molar-refractivity contribution in [2.24, 2.45) is 0 Å². The maximum Gasteiger partial charge on any atom is 0.303 e. The third-order valence-electron chi connectivity index (χ3n) is 5.17. The van der Waals surface area contributed by atoms with Crippen LogP contribution in [-0.2, 0) is 27.8 Å². The predicted octanol–water partition coefficient (Wildman–Crippen LogP) is 3.25. The fourth-order valence-corrected chi connectivity index (χ4v) is 5.54. The molecule has 6 nitrogen and oxygen atoms in total. The van der Waals surface area contributed by atoms with Gasteiger partial charge in [0.05, 0.1) is 4.90 Å². The van der Waals surface area contributed by atoms with E-state index in [9.17, 15) is 13.2 Å². The van der Waals surface area contributed by atoms with E-state index in [0.29, 0.717) is 42.5 Å². The van der Waals surface area contributed by atoms with Gasteiger partial charge in [-0.3, -0.25) is 9.69 Å². The van der Waals surface area contributed by atoms with Crippen LogP contribution >= 0.6 is 11.6 Å². The molecule has 1 atom stereocenters. The van der Waals surface area contributed by atoms with Crippen LogP contribution in [0.15, 0.2) is 53.4 Å². The lowest BCUT2D eigenvalue weighted by molar-refractivity contribution is -0.136. The van der Waals surface area contributed by atoms with Gasteiger partial charge in [-0.2, -0.15) is 4.31 Å². The topological polar surface area (TPSA) is 77.9 Å². The maximum atomic E-state index is 12.9. The molecule has 0 aliphatic carbocycles. The van der Waals surface area contributed by atoms with E-state index < -0.39 is 16.0 Å². The van der Waals surface area contributed by atoms with Crippen LogP contribution in [0.3, 0.4) is 0 Å². The molecule has 1 aliphatic rings. The third-order valence-corrected chi connectivity index (χ3v) is 7.43. The molecule has 3 rings (SSSR count). The van der Waals surface area contributed by atoms with Crippen LogP contribution in [0.25, 0.3) is 0 Å². The van der Waals surface area contributed by atoms with Gasteiger partial charge >= 0.3 is 5.97 Å². The summed E-state index contributed by atoms with van der Waals surface area (Å²) in [5.74, 6) is -0.834. The summed E-state index contributed by atoms with van der Waals surface area (Å²) >= 11 is 6.15. The van der Waals surface area contributed by atoms with Gasteiger partial charge in [0.15, 0.2) is 0 Å². The van der Waals surface area contributed by atoms with Gasteiger partial charge in [-0.15, -0.1) is 0 Å². The molecule has 1 fully saturated rings. The average Bonchev–Trinajstić information content (AvgIpc) is 2.68. The summed E-state index contributed by atoms with van der Waals surface area (Å²) in [5.41, 5.74) is 1.95. The molecule has 1 heterocycles. The van der Waals surface area contributed by atoms with Gasteiger partial charge in [0.1, 0.15) is 0 Å². The Morgan fingerprint density at radius 3 is 2.52 bits per heavy atom. The first-order valence-corrected chi connectivity index (χ1v) is 11.4. The van der Waals surface area contributed by atoms with E-state index in [1.165, 1.54) is 0 Å². The van der Waals surface area contributed by atoms with Crippen molar-refractivity contribution in [3.05, 3.63) is 64.7 Å². The zero-order chi connectivity index (χ0) is 21.0. The van der Waals surface area contributed by atoms with Gasteiger partial charge in [0.25, 0.3) is 0 Å². The van der Waals surface area contributed by atoms with Gasteiger partial charge in [0.2, 0.25) is 10.0 Å². The van der Waals surface area contributed by atoms with Crippen molar-refractivity contribution < 1.29 is 18.3 Å². The smallest absolute Gasteiger partial charge is 0.303 e. The van der Waals surface area contributed by atoms with Crippen molar-refractivity contribution in [2.75, 3.05) is 19.6 Å². The largest absolute Gasteiger partial charge is 0.481 e.